The van der Waals surface area contributed by atoms with Crippen LogP contribution in [0.25, 0.3) is 0 Å². The Kier molecular flexibility index (Phi) is 8.21. The van der Waals surface area contributed by atoms with Gasteiger partial charge in [0.25, 0.3) is 0 Å². The first-order chi connectivity index (χ1) is 13.0. The lowest BCUT2D eigenvalue weighted by molar-refractivity contribution is 0.0734. The Bertz CT molecular complexity index is 755. The van der Waals surface area contributed by atoms with Crippen LogP contribution in [-0.2, 0) is 0 Å². The van der Waals surface area contributed by atoms with Crippen LogP contribution < -0.4 is 14.2 Å². The summed E-state index contributed by atoms with van der Waals surface area (Å²) in [5.74, 6) is 1.73. The highest BCUT2D eigenvalue weighted by molar-refractivity contribution is 6.32. The molecule has 0 bridgehead atoms. The van der Waals surface area contributed by atoms with Gasteiger partial charge in [0.1, 0.15) is 17.2 Å². The molecule has 0 heterocycles. The van der Waals surface area contributed by atoms with Gasteiger partial charge in [-0.05, 0) is 54.8 Å². The Morgan fingerprint density at radius 3 is 2.48 bits per heavy atom. The molecule has 5 heteroatoms. The van der Waals surface area contributed by atoms with E-state index in [0.29, 0.717) is 41.2 Å². The van der Waals surface area contributed by atoms with Gasteiger partial charge in [-0.3, -0.25) is 0 Å². The number of rotatable bonds is 10. The monoisotopic (exact) mass is 388 g/mol. The van der Waals surface area contributed by atoms with Crippen molar-refractivity contribution in [3.05, 3.63) is 65.7 Å². The number of benzene rings is 2. The highest BCUT2D eigenvalue weighted by Crippen LogP contribution is 2.26. The van der Waals surface area contributed by atoms with E-state index in [0.717, 1.165) is 18.6 Å². The Morgan fingerprint density at radius 1 is 1.15 bits per heavy atom. The topological polar surface area (TPSA) is 44.8 Å². The number of carbonyl (C=O) groups excluding carboxylic acids is 1. The molecule has 0 aromatic heterocycles. The molecule has 0 radical (unpaired) electrons. The predicted octanol–water partition coefficient (Wildman–Crippen LogP) is 5.94. The van der Waals surface area contributed by atoms with Crippen molar-refractivity contribution >= 4 is 17.6 Å². The van der Waals surface area contributed by atoms with Crippen LogP contribution in [0.3, 0.4) is 0 Å². The van der Waals surface area contributed by atoms with Crippen LogP contribution in [0.4, 0.5) is 0 Å². The van der Waals surface area contributed by atoms with Crippen LogP contribution in [0.5, 0.6) is 17.2 Å². The minimum absolute atomic E-state index is 0.355. The number of carbonyl (C=O) groups is 1. The zero-order valence-corrected chi connectivity index (χ0v) is 16.5. The second-order valence-corrected chi connectivity index (χ2v) is 6.66. The summed E-state index contributed by atoms with van der Waals surface area (Å²) in [7, 11) is 0. The average Bonchev–Trinajstić information content (AvgIpc) is 2.68. The Morgan fingerprint density at radius 2 is 1.85 bits per heavy atom. The SMILES string of the molecule is C=CCCOc1ccc(C(=O)Oc2ccc(OC[C@@H](C)CC)cc2)cc1Cl. The maximum Gasteiger partial charge on any atom is 0.343 e. The smallest absolute Gasteiger partial charge is 0.343 e. The highest BCUT2D eigenvalue weighted by Gasteiger charge is 2.12. The fourth-order valence-corrected chi connectivity index (χ4v) is 2.36. The van der Waals surface area contributed by atoms with Crippen molar-refractivity contribution in [2.45, 2.75) is 26.7 Å². The second kappa shape index (κ2) is 10.6. The van der Waals surface area contributed by atoms with E-state index in [1.165, 1.54) is 6.07 Å². The van der Waals surface area contributed by atoms with E-state index in [9.17, 15) is 4.79 Å². The Hall–Kier alpha value is -2.46. The van der Waals surface area contributed by atoms with Crippen molar-refractivity contribution in [1.82, 2.24) is 0 Å². The third-order valence-corrected chi connectivity index (χ3v) is 4.31. The van der Waals surface area contributed by atoms with Crippen molar-refractivity contribution in [3.8, 4) is 17.2 Å². The Labute approximate surface area is 165 Å². The first-order valence-electron chi connectivity index (χ1n) is 9.01. The Balaban J connectivity index is 1.94. The lowest BCUT2D eigenvalue weighted by atomic mass is 10.1. The van der Waals surface area contributed by atoms with Crippen molar-refractivity contribution in [2.75, 3.05) is 13.2 Å². The normalized spacial score (nSPS) is 11.5. The summed E-state index contributed by atoms with van der Waals surface area (Å²) in [4.78, 5) is 12.3. The van der Waals surface area contributed by atoms with E-state index in [1.54, 1.807) is 42.5 Å². The summed E-state index contributed by atoms with van der Waals surface area (Å²) >= 11 is 6.17. The molecule has 144 valence electrons. The largest absolute Gasteiger partial charge is 0.493 e. The maximum absolute atomic E-state index is 12.3. The van der Waals surface area contributed by atoms with Gasteiger partial charge in [-0.1, -0.05) is 37.9 Å². The van der Waals surface area contributed by atoms with E-state index in [-0.39, 0.29) is 0 Å². The van der Waals surface area contributed by atoms with E-state index < -0.39 is 5.97 Å². The van der Waals surface area contributed by atoms with E-state index >= 15 is 0 Å². The minimum atomic E-state index is -0.484. The van der Waals surface area contributed by atoms with Crippen LogP contribution in [0.2, 0.25) is 5.02 Å². The summed E-state index contributed by atoms with van der Waals surface area (Å²) in [6.45, 7) is 9.05. The standard InChI is InChI=1S/C22H25ClO4/c1-4-6-13-25-21-12-7-17(14-20(21)23)22(24)27-19-10-8-18(9-11-19)26-15-16(3)5-2/h4,7-12,14,16H,1,5-6,13,15H2,2-3H3/t16-/m0/s1. The van der Waals surface area contributed by atoms with Gasteiger partial charge >= 0.3 is 5.97 Å². The maximum atomic E-state index is 12.3. The molecule has 1 atom stereocenters. The zero-order chi connectivity index (χ0) is 19.6. The summed E-state index contributed by atoms with van der Waals surface area (Å²) < 4.78 is 16.6. The first kappa shape index (κ1) is 20.8. The summed E-state index contributed by atoms with van der Waals surface area (Å²) in [5, 5.41) is 0.363. The summed E-state index contributed by atoms with van der Waals surface area (Å²) in [5.41, 5.74) is 0.355. The molecular weight excluding hydrogens is 364 g/mol. The third kappa shape index (κ3) is 6.65. The molecule has 0 unspecified atom stereocenters. The molecule has 0 N–H and O–H groups in total. The highest BCUT2D eigenvalue weighted by atomic mass is 35.5. The van der Waals surface area contributed by atoms with Crippen molar-refractivity contribution in [2.24, 2.45) is 5.92 Å². The van der Waals surface area contributed by atoms with Crippen LogP contribution in [0, 0.1) is 5.92 Å². The molecule has 2 rings (SSSR count). The van der Waals surface area contributed by atoms with Crippen molar-refractivity contribution < 1.29 is 19.0 Å². The van der Waals surface area contributed by atoms with Gasteiger partial charge < -0.3 is 14.2 Å². The van der Waals surface area contributed by atoms with Crippen LogP contribution in [0.15, 0.2) is 55.1 Å². The summed E-state index contributed by atoms with van der Waals surface area (Å²) in [6, 6.07) is 11.8. The molecule has 27 heavy (non-hydrogen) atoms. The van der Waals surface area contributed by atoms with Gasteiger partial charge in [-0.15, -0.1) is 6.58 Å². The number of hydrogen-bond acceptors (Lipinski definition) is 4. The molecule has 0 aliphatic heterocycles. The fraction of sp³-hybridized carbons (Fsp3) is 0.318. The van der Waals surface area contributed by atoms with Gasteiger partial charge in [0.2, 0.25) is 0 Å². The number of esters is 1. The fourth-order valence-electron chi connectivity index (χ4n) is 2.12. The van der Waals surface area contributed by atoms with E-state index in [4.69, 9.17) is 25.8 Å². The number of ether oxygens (including phenoxy) is 3. The van der Waals surface area contributed by atoms with Gasteiger partial charge in [-0.25, -0.2) is 4.79 Å². The lowest BCUT2D eigenvalue weighted by Gasteiger charge is -2.11. The quantitative estimate of drug-likeness (QED) is 0.219. The van der Waals surface area contributed by atoms with Gasteiger partial charge in [0.05, 0.1) is 23.8 Å². The van der Waals surface area contributed by atoms with Gasteiger partial charge in [-0.2, -0.15) is 0 Å². The molecule has 0 saturated carbocycles. The van der Waals surface area contributed by atoms with Gasteiger partial charge in [0.15, 0.2) is 0 Å². The van der Waals surface area contributed by atoms with Crippen LogP contribution >= 0.6 is 11.6 Å². The van der Waals surface area contributed by atoms with Crippen molar-refractivity contribution in [1.29, 1.82) is 0 Å². The van der Waals surface area contributed by atoms with Gasteiger partial charge in [0, 0.05) is 0 Å². The molecule has 0 saturated heterocycles. The molecule has 2 aromatic carbocycles. The molecule has 2 aromatic rings. The van der Waals surface area contributed by atoms with Crippen LogP contribution in [-0.4, -0.2) is 19.2 Å². The second-order valence-electron chi connectivity index (χ2n) is 6.26. The first-order valence-corrected chi connectivity index (χ1v) is 9.39. The molecule has 0 fully saturated rings. The average molecular weight is 389 g/mol. The van der Waals surface area contributed by atoms with E-state index in [1.807, 2.05) is 0 Å². The molecule has 0 spiro atoms. The lowest BCUT2D eigenvalue weighted by Crippen LogP contribution is -2.09. The van der Waals surface area contributed by atoms with Crippen LogP contribution in [0.1, 0.15) is 37.0 Å². The number of hydrogen-bond donors (Lipinski definition) is 0. The zero-order valence-electron chi connectivity index (χ0n) is 15.7. The minimum Gasteiger partial charge on any atom is -0.493 e. The molecule has 0 aliphatic rings. The predicted molar refractivity (Wildman–Crippen MR) is 108 cm³/mol. The molecule has 0 amide bonds. The van der Waals surface area contributed by atoms with Crippen molar-refractivity contribution in [3.63, 3.8) is 0 Å². The molecule has 0 aliphatic carbocycles. The third-order valence-electron chi connectivity index (χ3n) is 4.01. The van der Waals surface area contributed by atoms with E-state index in [2.05, 4.69) is 20.4 Å². The molecular formula is C22H25ClO4. The molecule has 4 nitrogen and oxygen atoms in total. The summed E-state index contributed by atoms with van der Waals surface area (Å²) in [6.07, 6.45) is 3.55. The number of halogens is 1.